The second-order valence-electron chi connectivity index (χ2n) is 12.3. The number of oxime groups is 1. The molecule has 2 fully saturated rings. The number of Topliss-reactive ketones (excluding diaryl/α,β-unsaturated/α-hetero) is 1. The minimum Gasteiger partial charge on any atom is -0.481 e. The van der Waals surface area contributed by atoms with Gasteiger partial charge in [0.2, 0.25) is 0 Å². The van der Waals surface area contributed by atoms with Gasteiger partial charge in [0, 0.05) is 46.8 Å². The maximum absolute atomic E-state index is 13.0. The van der Waals surface area contributed by atoms with Crippen LogP contribution in [0.5, 0.6) is 0 Å². The zero-order chi connectivity index (χ0) is 30.3. The molecule has 6 heteroatoms. The molecule has 0 saturated heterocycles. The molecule has 2 N–H and O–H groups in total. The molecule has 1 aromatic heterocycles. The van der Waals surface area contributed by atoms with E-state index in [1.165, 1.54) is 32.1 Å². The van der Waals surface area contributed by atoms with Crippen molar-refractivity contribution < 1.29 is 19.9 Å². The Morgan fingerprint density at radius 1 is 0.860 bits per heavy atom. The molecule has 2 saturated carbocycles. The van der Waals surface area contributed by atoms with Gasteiger partial charge in [0.05, 0.1) is 11.4 Å². The Labute approximate surface area is 254 Å². The fourth-order valence-electron chi connectivity index (χ4n) is 7.14. The van der Waals surface area contributed by atoms with Gasteiger partial charge < -0.3 is 14.9 Å². The molecule has 3 aromatic carbocycles. The van der Waals surface area contributed by atoms with Crippen molar-refractivity contribution in [2.45, 2.75) is 91.0 Å². The molecule has 226 valence electrons. The Hall–Kier alpha value is -3.93. The second kappa shape index (κ2) is 14.0. The van der Waals surface area contributed by atoms with Gasteiger partial charge in [-0.05, 0) is 61.9 Å². The highest BCUT2D eigenvalue weighted by Gasteiger charge is 2.23. The highest BCUT2D eigenvalue weighted by molar-refractivity contribution is 6.23. The van der Waals surface area contributed by atoms with Crippen LogP contribution in [0.15, 0.2) is 65.8 Å². The monoisotopic (exact) mass is 580 g/mol. The molecule has 0 unspecified atom stereocenters. The molecule has 0 atom stereocenters. The van der Waals surface area contributed by atoms with Gasteiger partial charge in [0.25, 0.3) is 0 Å². The van der Waals surface area contributed by atoms with Crippen LogP contribution in [0.1, 0.15) is 93.4 Å². The second-order valence-corrected chi connectivity index (χ2v) is 12.3. The van der Waals surface area contributed by atoms with Crippen LogP contribution in [0, 0.1) is 18.8 Å². The van der Waals surface area contributed by atoms with Crippen molar-refractivity contribution in [3.05, 3.63) is 82.9 Å². The number of ketones is 1. The smallest absolute Gasteiger partial charge is 0.306 e. The highest BCUT2D eigenvalue weighted by atomic mass is 16.4. The molecule has 0 spiro atoms. The molecule has 0 bridgehead atoms. The lowest BCUT2D eigenvalue weighted by Gasteiger charge is -2.16. The summed E-state index contributed by atoms with van der Waals surface area (Å²) in [4.78, 5) is 23.4. The van der Waals surface area contributed by atoms with E-state index in [-0.39, 0.29) is 5.92 Å². The lowest BCUT2D eigenvalue weighted by molar-refractivity contribution is -0.142. The minimum atomic E-state index is -0.602. The maximum atomic E-state index is 13.0. The van der Waals surface area contributed by atoms with Gasteiger partial charge in [-0.3, -0.25) is 9.59 Å². The molecule has 43 heavy (non-hydrogen) atoms. The molecular weight excluding hydrogens is 536 g/mol. The fraction of sp³-hybridized carbons (Fsp3) is 0.432. The van der Waals surface area contributed by atoms with E-state index in [1.54, 1.807) is 0 Å². The molecular formula is C37H44N2O4. The molecule has 2 aliphatic carbocycles. The Morgan fingerprint density at radius 3 is 2.19 bits per heavy atom. The summed E-state index contributed by atoms with van der Waals surface area (Å²) < 4.78 is 2.29. The summed E-state index contributed by atoms with van der Waals surface area (Å²) in [5.41, 5.74) is 6.55. The quantitative estimate of drug-likeness (QED) is 0.124. The summed E-state index contributed by atoms with van der Waals surface area (Å²) >= 11 is 0. The van der Waals surface area contributed by atoms with Crippen LogP contribution in [0.2, 0.25) is 0 Å². The summed E-state index contributed by atoms with van der Waals surface area (Å²) in [5, 5.41) is 24.8. The molecule has 2 aliphatic rings. The first-order chi connectivity index (χ1) is 20.9. The number of hydrogen-bond donors (Lipinski definition) is 2. The van der Waals surface area contributed by atoms with Crippen molar-refractivity contribution in [1.29, 1.82) is 0 Å². The molecule has 0 amide bonds. The van der Waals surface area contributed by atoms with Crippen LogP contribution in [0.3, 0.4) is 0 Å². The van der Waals surface area contributed by atoms with Crippen molar-refractivity contribution in [1.82, 2.24) is 4.57 Å². The van der Waals surface area contributed by atoms with Crippen LogP contribution in [-0.2, 0) is 22.6 Å². The third-order valence-electron chi connectivity index (χ3n) is 9.34. The standard InChI is InChI=1S/C30H32N2O2.C7H12O2/c1-3-32-28-15-9-8-14-25(28)26-18-22(17-23(33)16-21-11-5-6-12-21)19-27(30(26)32)29(31-34)24-13-7-4-10-20(24)2;8-7(9)6-4-2-1-3-5-6/h4,7-10,13-15,18-19,21,34H,3,5-6,11-12,16-17H2,1-2H3;6H,1-5H2,(H,8,9). The first-order valence-corrected chi connectivity index (χ1v) is 16.0. The van der Waals surface area contributed by atoms with E-state index in [2.05, 4.69) is 53.0 Å². The van der Waals surface area contributed by atoms with Gasteiger partial charge in [-0.15, -0.1) is 0 Å². The number of aliphatic carboxylic acids is 1. The first-order valence-electron chi connectivity index (χ1n) is 16.0. The summed E-state index contributed by atoms with van der Waals surface area (Å²) in [5.74, 6) is 0.211. The third kappa shape index (κ3) is 6.84. The number of carbonyl (C=O) groups excluding carboxylic acids is 1. The fourth-order valence-corrected chi connectivity index (χ4v) is 7.14. The van der Waals surface area contributed by atoms with E-state index in [0.29, 0.717) is 30.3 Å². The number of carbonyl (C=O) groups is 2. The van der Waals surface area contributed by atoms with Gasteiger partial charge in [0.15, 0.2) is 0 Å². The topological polar surface area (TPSA) is 91.9 Å². The number of hydrogen-bond acceptors (Lipinski definition) is 4. The zero-order valence-corrected chi connectivity index (χ0v) is 25.5. The normalized spacial score (nSPS) is 16.4. The largest absolute Gasteiger partial charge is 0.481 e. The van der Waals surface area contributed by atoms with Crippen molar-refractivity contribution in [2.75, 3.05) is 0 Å². The van der Waals surface area contributed by atoms with Crippen molar-refractivity contribution >= 4 is 39.3 Å². The number of rotatable bonds is 8. The summed E-state index contributed by atoms with van der Waals surface area (Å²) in [6, 6.07) is 20.6. The van der Waals surface area contributed by atoms with Gasteiger partial charge in [-0.2, -0.15) is 0 Å². The van der Waals surface area contributed by atoms with Crippen LogP contribution >= 0.6 is 0 Å². The summed E-state index contributed by atoms with van der Waals surface area (Å²) in [6.07, 6.45) is 11.2. The Kier molecular flexibility index (Phi) is 9.96. The van der Waals surface area contributed by atoms with Crippen LogP contribution in [0.25, 0.3) is 21.8 Å². The minimum absolute atomic E-state index is 0.0289. The maximum Gasteiger partial charge on any atom is 0.306 e. The van der Waals surface area contributed by atoms with E-state index >= 15 is 0 Å². The number of aromatic nitrogens is 1. The average Bonchev–Trinajstić information content (AvgIpc) is 3.65. The zero-order valence-electron chi connectivity index (χ0n) is 25.5. The number of nitrogens with zero attached hydrogens (tertiary/aromatic N) is 2. The van der Waals surface area contributed by atoms with E-state index in [9.17, 15) is 14.8 Å². The number of fused-ring (bicyclic) bond motifs is 3. The van der Waals surface area contributed by atoms with E-state index in [0.717, 1.165) is 76.3 Å². The van der Waals surface area contributed by atoms with Gasteiger partial charge in [0.1, 0.15) is 11.5 Å². The van der Waals surface area contributed by atoms with Crippen LogP contribution in [0.4, 0.5) is 0 Å². The summed E-state index contributed by atoms with van der Waals surface area (Å²) in [7, 11) is 0. The number of carboxylic acid groups (broad SMARTS) is 1. The molecule has 6 rings (SSSR count). The van der Waals surface area contributed by atoms with Crippen molar-refractivity contribution in [3.63, 3.8) is 0 Å². The third-order valence-corrected chi connectivity index (χ3v) is 9.34. The lowest BCUT2D eigenvalue weighted by Crippen LogP contribution is -2.16. The number of para-hydroxylation sites is 1. The predicted molar refractivity (Wildman–Crippen MR) is 173 cm³/mol. The van der Waals surface area contributed by atoms with Gasteiger partial charge in [-0.25, -0.2) is 0 Å². The number of aryl methyl sites for hydroxylation is 2. The molecule has 1 heterocycles. The molecule has 0 aliphatic heterocycles. The van der Waals surface area contributed by atoms with Crippen molar-refractivity contribution in [2.24, 2.45) is 17.0 Å². The van der Waals surface area contributed by atoms with Gasteiger partial charge >= 0.3 is 5.97 Å². The predicted octanol–water partition coefficient (Wildman–Crippen LogP) is 8.69. The van der Waals surface area contributed by atoms with Crippen LogP contribution < -0.4 is 0 Å². The Morgan fingerprint density at radius 2 is 1.53 bits per heavy atom. The average molecular weight is 581 g/mol. The summed E-state index contributed by atoms with van der Waals surface area (Å²) in [6.45, 7) is 4.96. The molecule has 0 radical (unpaired) electrons. The Bertz CT molecular complexity index is 1620. The molecule has 6 nitrogen and oxygen atoms in total. The van der Waals surface area contributed by atoms with E-state index in [4.69, 9.17) is 5.11 Å². The molecule has 4 aromatic rings. The lowest BCUT2D eigenvalue weighted by atomic mass is 9.90. The van der Waals surface area contributed by atoms with E-state index < -0.39 is 5.97 Å². The van der Waals surface area contributed by atoms with E-state index in [1.807, 2.05) is 31.2 Å². The Balaban J connectivity index is 0.000000351. The van der Waals surface area contributed by atoms with Crippen LogP contribution in [-0.4, -0.2) is 32.3 Å². The number of benzene rings is 3. The highest BCUT2D eigenvalue weighted by Crippen LogP contribution is 2.35. The van der Waals surface area contributed by atoms with Crippen molar-refractivity contribution in [3.8, 4) is 0 Å². The number of carboxylic acids is 1. The first kappa shape index (κ1) is 30.5. The SMILES string of the molecule is CCn1c2ccccc2c2cc(CC(=O)CC3CCCC3)cc(C(=NO)c3ccccc3C)c21.O=C(O)C1CCCCC1. The van der Waals surface area contributed by atoms with Gasteiger partial charge in [-0.1, -0.05) is 92.6 Å².